The zero-order valence-corrected chi connectivity index (χ0v) is 13.8. The summed E-state index contributed by atoms with van der Waals surface area (Å²) in [6.07, 6.45) is 3.86. The first-order valence-corrected chi connectivity index (χ1v) is 7.56. The van der Waals surface area contributed by atoms with Gasteiger partial charge in [-0.1, -0.05) is 13.8 Å². The van der Waals surface area contributed by atoms with Crippen molar-refractivity contribution in [2.24, 2.45) is 5.92 Å². The van der Waals surface area contributed by atoms with Gasteiger partial charge in [0, 0.05) is 32.0 Å². The molecule has 0 unspecified atom stereocenters. The molecule has 2 N–H and O–H groups in total. The summed E-state index contributed by atoms with van der Waals surface area (Å²) >= 11 is 0. The van der Waals surface area contributed by atoms with Gasteiger partial charge in [-0.15, -0.1) is 0 Å². The molecular formula is C16H26N4O2. The van der Waals surface area contributed by atoms with Gasteiger partial charge in [0.15, 0.2) is 0 Å². The van der Waals surface area contributed by atoms with E-state index < -0.39 is 0 Å². The van der Waals surface area contributed by atoms with Gasteiger partial charge in [-0.3, -0.25) is 14.6 Å². The highest BCUT2D eigenvalue weighted by atomic mass is 16.2. The molecule has 6 nitrogen and oxygen atoms in total. The van der Waals surface area contributed by atoms with Crippen LogP contribution < -0.4 is 10.6 Å². The predicted molar refractivity (Wildman–Crippen MR) is 86.9 cm³/mol. The van der Waals surface area contributed by atoms with Crippen LogP contribution in [-0.4, -0.2) is 55.4 Å². The molecule has 0 aliphatic heterocycles. The molecular weight excluding hydrogens is 280 g/mol. The van der Waals surface area contributed by atoms with Crippen LogP contribution in [0, 0.1) is 5.92 Å². The van der Waals surface area contributed by atoms with Gasteiger partial charge in [0.2, 0.25) is 0 Å². The minimum absolute atomic E-state index is 0.198. The molecule has 122 valence electrons. The lowest BCUT2D eigenvalue weighted by molar-refractivity contribution is 0.0950. The van der Waals surface area contributed by atoms with Gasteiger partial charge < -0.3 is 15.5 Å². The summed E-state index contributed by atoms with van der Waals surface area (Å²) in [6, 6.07) is 1.57. The number of nitrogens with one attached hydrogen (secondary N) is 2. The molecule has 0 radical (unpaired) electrons. The fourth-order valence-electron chi connectivity index (χ4n) is 1.76. The van der Waals surface area contributed by atoms with Crippen LogP contribution in [0.3, 0.4) is 0 Å². The number of nitrogens with zero attached hydrogens (tertiary/aromatic N) is 2. The van der Waals surface area contributed by atoms with Crippen molar-refractivity contribution in [2.75, 3.05) is 33.7 Å². The van der Waals surface area contributed by atoms with E-state index in [1.54, 1.807) is 6.07 Å². The maximum atomic E-state index is 12.0. The van der Waals surface area contributed by atoms with E-state index in [2.05, 4.69) is 29.5 Å². The average Bonchev–Trinajstić information content (AvgIpc) is 2.46. The zero-order valence-electron chi connectivity index (χ0n) is 13.8. The molecule has 6 heteroatoms. The highest BCUT2D eigenvalue weighted by Gasteiger charge is 2.11. The first-order valence-electron chi connectivity index (χ1n) is 7.56. The Balaban J connectivity index is 2.57. The number of hydrogen-bond donors (Lipinski definition) is 2. The van der Waals surface area contributed by atoms with E-state index in [0.717, 1.165) is 13.0 Å². The van der Waals surface area contributed by atoms with Gasteiger partial charge in [0.05, 0.1) is 11.1 Å². The maximum absolute atomic E-state index is 12.0. The molecule has 0 bridgehead atoms. The lowest BCUT2D eigenvalue weighted by Crippen LogP contribution is -2.31. The molecule has 1 aromatic rings. The minimum atomic E-state index is -0.216. The van der Waals surface area contributed by atoms with E-state index in [9.17, 15) is 9.59 Å². The van der Waals surface area contributed by atoms with Crippen molar-refractivity contribution in [3.63, 3.8) is 0 Å². The molecule has 0 saturated heterocycles. The fourth-order valence-corrected chi connectivity index (χ4v) is 1.76. The molecule has 1 rings (SSSR count). The number of rotatable bonds is 8. The lowest BCUT2D eigenvalue weighted by Gasteiger charge is -2.11. The summed E-state index contributed by atoms with van der Waals surface area (Å²) in [5.41, 5.74) is 0.805. The Hall–Kier alpha value is -1.95. The van der Waals surface area contributed by atoms with Gasteiger partial charge in [-0.25, -0.2) is 0 Å². The Bertz CT molecular complexity index is 459. The molecule has 1 aromatic heterocycles. The van der Waals surface area contributed by atoms with Crippen molar-refractivity contribution >= 4 is 11.8 Å². The summed E-state index contributed by atoms with van der Waals surface area (Å²) in [5.74, 6) is 0.120. The van der Waals surface area contributed by atoms with Crippen LogP contribution in [0.4, 0.5) is 0 Å². The van der Waals surface area contributed by atoms with Gasteiger partial charge >= 0.3 is 0 Å². The van der Waals surface area contributed by atoms with E-state index >= 15 is 0 Å². The van der Waals surface area contributed by atoms with Crippen LogP contribution in [0.25, 0.3) is 0 Å². The van der Waals surface area contributed by atoms with Crippen molar-refractivity contribution in [1.82, 2.24) is 20.5 Å². The van der Waals surface area contributed by atoms with Crippen LogP contribution in [0.2, 0.25) is 0 Å². The number of hydrogen-bond acceptors (Lipinski definition) is 4. The number of carbonyl (C=O) groups excluding carboxylic acids is 2. The summed E-state index contributed by atoms with van der Waals surface area (Å²) in [4.78, 5) is 30.0. The Kier molecular flexibility index (Phi) is 7.52. The first-order chi connectivity index (χ1) is 10.4. The third-order valence-electron chi connectivity index (χ3n) is 3.11. The topological polar surface area (TPSA) is 74.3 Å². The third kappa shape index (κ3) is 6.67. The largest absolute Gasteiger partial charge is 0.352 e. The fraction of sp³-hybridized carbons (Fsp3) is 0.562. The zero-order chi connectivity index (χ0) is 16.5. The van der Waals surface area contributed by atoms with Crippen LogP contribution in [0.5, 0.6) is 0 Å². The number of likely N-dealkylation sites (N-methyl/N-ethyl adjacent to an activating group) is 1. The SMILES string of the molecule is CC(C)CCNC(=O)c1cncc(C(=O)NCCN(C)C)c1. The molecule has 0 aliphatic rings. The monoisotopic (exact) mass is 306 g/mol. The van der Waals surface area contributed by atoms with Crippen LogP contribution in [0.1, 0.15) is 41.0 Å². The molecule has 22 heavy (non-hydrogen) atoms. The summed E-state index contributed by atoms with van der Waals surface area (Å²) in [6.45, 7) is 6.14. The smallest absolute Gasteiger partial charge is 0.252 e. The van der Waals surface area contributed by atoms with Crippen molar-refractivity contribution in [2.45, 2.75) is 20.3 Å². The molecule has 0 atom stereocenters. The molecule has 2 amide bonds. The maximum Gasteiger partial charge on any atom is 0.252 e. The molecule has 1 heterocycles. The van der Waals surface area contributed by atoms with Crippen LogP contribution >= 0.6 is 0 Å². The normalized spacial score (nSPS) is 10.8. The van der Waals surface area contributed by atoms with Gasteiger partial charge in [-0.2, -0.15) is 0 Å². The van der Waals surface area contributed by atoms with Gasteiger partial charge in [0.25, 0.3) is 11.8 Å². The Morgan fingerprint density at radius 2 is 1.64 bits per heavy atom. The average molecular weight is 306 g/mol. The Labute approximate surface area is 132 Å². The van der Waals surface area contributed by atoms with Crippen molar-refractivity contribution in [3.05, 3.63) is 29.6 Å². The molecule has 0 fully saturated rings. The molecule has 0 aromatic carbocycles. The lowest BCUT2D eigenvalue weighted by atomic mass is 10.1. The van der Waals surface area contributed by atoms with Crippen molar-refractivity contribution in [3.8, 4) is 0 Å². The van der Waals surface area contributed by atoms with Crippen molar-refractivity contribution < 1.29 is 9.59 Å². The number of carbonyl (C=O) groups is 2. The Morgan fingerprint density at radius 1 is 1.09 bits per heavy atom. The van der Waals surface area contributed by atoms with Crippen molar-refractivity contribution in [1.29, 1.82) is 0 Å². The molecule has 0 spiro atoms. The second-order valence-electron chi connectivity index (χ2n) is 5.96. The Morgan fingerprint density at radius 3 is 2.14 bits per heavy atom. The van der Waals surface area contributed by atoms with Gasteiger partial charge in [-0.05, 0) is 32.5 Å². The molecule has 0 saturated carbocycles. The molecule has 0 aliphatic carbocycles. The quantitative estimate of drug-likeness (QED) is 0.755. The van der Waals surface area contributed by atoms with E-state index in [-0.39, 0.29) is 11.8 Å². The summed E-state index contributed by atoms with van der Waals surface area (Å²) in [5, 5.41) is 5.64. The van der Waals surface area contributed by atoms with Crippen LogP contribution in [-0.2, 0) is 0 Å². The van der Waals surface area contributed by atoms with E-state index in [4.69, 9.17) is 0 Å². The third-order valence-corrected chi connectivity index (χ3v) is 3.11. The second-order valence-corrected chi connectivity index (χ2v) is 5.96. The first kappa shape index (κ1) is 18.1. The standard InChI is InChI=1S/C16H26N4O2/c1-12(2)5-6-18-15(21)13-9-14(11-17-10-13)16(22)19-7-8-20(3)4/h9-12H,5-8H2,1-4H3,(H,18,21)(H,19,22). The minimum Gasteiger partial charge on any atom is -0.352 e. The predicted octanol–water partition coefficient (Wildman–Crippen LogP) is 1.15. The van der Waals surface area contributed by atoms with Crippen LogP contribution in [0.15, 0.2) is 18.5 Å². The van der Waals surface area contributed by atoms with E-state index in [0.29, 0.717) is 30.1 Å². The highest BCUT2D eigenvalue weighted by molar-refractivity contribution is 5.99. The second kappa shape index (κ2) is 9.15. The van der Waals surface area contributed by atoms with E-state index in [1.807, 2.05) is 19.0 Å². The number of pyridine rings is 1. The summed E-state index contributed by atoms with van der Waals surface area (Å²) < 4.78 is 0. The highest BCUT2D eigenvalue weighted by Crippen LogP contribution is 2.04. The van der Waals surface area contributed by atoms with Gasteiger partial charge in [0.1, 0.15) is 0 Å². The number of aromatic nitrogens is 1. The number of amides is 2. The van der Waals surface area contributed by atoms with E-state index in [1.165, 1.54) is 12.4 Å². The summed E-state index contributed by atoms with van der Waals surface area (Å²) in [7, 11) is 3.88.